The van der Waals surface area contributed by atoms with E-state index in [1.807, 2.05) is 0 Å². The molecule has 1 heterocycles. The monoisotopic (exact) mass is 561 g/mol. The van der Waals surface area contributed by atoms with Gasteiger partial charge in [0.15, 0.2) is 5.56 Å². The highest BCUT2D eigenvalue weighted by molar-refractivity contribution is 6.06. The van der Waals surface area contributed by atoms with Crippen LogP contribution in [0, 0.1) is 0 Å². The lowest BCUT2D eigenvalue weighted by molar-refractivity contribution is -0.138. The first kappa shape index (κ1) is 27.5. The average molecular weight is 561 g/mol. The first-order valence-electron chi connectivity index (χ1n) is 10.5. The molecule has 5 nitrogen and oxygen atoms in total. The zero-order valence-electron chi connectivity index (χ0n) is 18.9. The number of nitrogens with zero attached hydrogens (tertiary/aromatic N) is 1. The molecule has 0 saturated carbocycles. The van der Waals surface area contributed by atoms with E-state index in [1.165, 1.54) is 4.90 Å². The maximum atomic E-state index is 13.1. The van der Waals surface area contributed by atoms with E-state index < -0.39 is 63.3 Å². The van der Waals surface area contributed by atoms with E-state index in [-0.39, 0.29) is 17.1 Å². The Morgan fingerprint density at radius 1 is 0.692 bits per heavy atom. The molecule has 0 aliphatic heterocycles. The predicted molar refractivity (Wildman–Crippen MR) is 119 cm³/mol. The lowest BCUT2D eigenvalue weighted by Crippen LogP contribution is -2.28. The maximum Gasteiger partial charge on any atom is 0.455 e. The number of aromatic hydroxyl groups is 1. The van der Waals surface area contributed by atoms with Gasteiger partial charge in [-0.3, -0.25) is 4.79 Å². The number of halogens is 9. The second kappa shape index (κ2) is 9.36. The third-order valence-corrected chi connectivity index (χ3v) is 5.51. The van der Waals surface area contributed by atoms with E-state index in [0.717, 1.165) is 42.5 Å². The first-order chi connectivity index (χ1) is 18.0. The highest BCUT2D eigenvalue weighted by Gasteiger charge is 2.43. The topological polar surface area (TPSA) is 70.8 Å². The second-order valence-electron chi connectivity index (χ2n) is 8.05. The van der Waals surface area contributed by atoms with Crippen LogP contribution in [0.5, 0.6) is 5.75 Å². The molecule has 204 valence electrons. The molecule has 0 bridgehead atoms. The Morgan fingerprint density at radius 3 is 1.54 bits per heavy atom. The van der Waals surface area contributed by atoms with Crippen LogP contribution in [0.3, 0.4) is 0 Å². The summed E-state index contributed by atoms with van der Waals surface area (Å²) in [5.41, 5.74) is -6.02. The molecule has 1 N–H and O–H groups in total. The Labute approximate surface area is 211 Å². The fraction of sp³-hybridized carbons (Fsp3) is 0.120. The summed E-state index contributed by atoms with van der Waals surface area (Å²) >= 11 is 0. The highest BCUT2D eigenvalue weighted by Crippen LogP contribution is 2.40. The van der Waals surface area contributed by atoms with Crippen LogP contribution in [0.1, 0.15) is 21.5 Å². The molecule has 0 amide bonds. The molecule has 0 aliphatic rings. The number of rotatable bonds is 4. The van der Waals surface area contributed by atoms with E-state index in [2.05, 4.69) is 0 Å². The minimum atomic E-state index is -5.50. The van der Waals surface area contributed by atoms with Crippen LogP contribution in [-0.4, -0.2) is 17.1 Å². The number of anilines is 3. The molecule has 0 spiro atoms. The Hall–Kier alpha value is -4.49. The molecule has 0 fully saturated rings. The average Bonchev–Trinajstić information content (AvgIpc) is 2.83. The highest BCUT2D eigenvalue weighted by atomic mass is 19.4. The minimum Gasteiger partial charge on any atom is -0.506 e. The lowest BCUT2D eigenvalue weighted by atomic mass is 10.1. The standard InChI is InChI=1S/C25H12F9NO4/c26-23(27,28)12-1-5-14(6-2-12)35(15-7-3-13(4-8-15)24(29,30)31)16-9-10-17-18(11-16)39-22(38)19(20(17)36)21(37)25(32,33)34/h1-11,36H. The Bertz CT molecular complexity index is 1540. The van der Waals surface area contributed by atoms with E-state index >= 15 is 0 Å². The van der Waals surface area contributed by atoms with E-state index in [0.29, 0.717) is 24.3 Å². The van der Waals surface area contributed by atoms with Gasteiger partial charge < -0.3 is 14.4 Å². The molecular formula is C25H12F9NO4. The van der Waals surface area contributed by atoms with Crippen molar-refractivity contribution in [2.45, 2.75) is 18.5 Å². The Morgan fingerprint density at radius 2 is 1.13 bits per heavy atom. The van der Waals surface area contributed by atoms with Crippen molar-refractivity contribution >= 4 is 33.8 Å². The van der Waals surface area contributed by atoms with Crippen LogP contribution in [-0.2, 0) is 12.4 Å². The van der Waals surface area contributed by atoms with Gasteiger partial charge in [-0.25, -0.2) is 4.79 Å². The summed E-state index contributed by atoms with van der Waals surface area (Å²) in [4.78, 5) is 24.9. The third kappa shape index (κ3) is 5.40. The van der Waals surface area contributed by atoms with Crippen molar-refractivity contribution in [1.29, 1.82) is 0 Å². The van der Waals surface area contributed by atoms with Crippen molar-refractivity contribution in [3.8, 4) is 5.75 Å². The van der Waals surface area contributed by atoms with Crippen molar-refractivity contribution in [3.05, 3.63) is 93.8 Å². The molecule has 0 atom stereocenters. The van der Waals surface area contributed by atoms with Gasteiger partial charge in [0.2, 0.25) is 0 Å². The second-order valence-corrected chi connectivity index (χ2v) is 8.05. The summed E-state index contributed by atoms with van der Waals surface area (Å²) in [7, 11) is 0. The summed E-state index contributed by atoms with van der Waals surface area (Å²) in [6.07, 6.45) is -14.9. The summed E-state index contributed by atoms with van der Waals surface area (Å²) in [5.74, 6) is -3.96. The summed E-state index contributed by atoms with van der Waals surface area (Å²) in [5, 5.41) is 9.75. The number of hydrogen-bond acceptors (Lipinski definition) is 5. The maximum absolute atomic E-state index is 13.1. The van der Waals surface area contributed by atoms with Gasteiger partial charge in [0.25, 0.3) is 5.78 Å². The van der Waals surface area contributed by atoms with Gasteiger partial charge in [-0.05, 0) is 60.7 Å². The number of ketones is 1. The minimum absolute atomic E-state index is 0.0116. The van der Waals surface area contributed by atoms with E-state index in [1.54, 1.807) is 0 Å². The zero-order chi connectivity index (χ0) is 28.9. The molecule has 0 saturated heterocycles. The summed E-state index contributed by atoms with van der Waals surface area (Å²) < 4.78 is 122. The van der Waals surface area contributed by atoms with Gasteiger partial charge in [0.1, 0.15) is 11.3 Å². The SMILES string of the molecule is O=C(c1c(O)c2ccc(N(c3ccc(C(F)(F)F)cc3)c3ccc(C(F)(F)F)cc3)cc2oc1=O)C(F)(F)F. The van der Waals surface area contributed by atoms with Crippen LogP contribution in [0.25, 0.3) is 11.0 Å². The largest absolute Gasteiger partial charge is 0.506 e. The number of alkyl halides is 9. The van der Waals surface area contributed by atoms with Gasteiger partial charge in [-0.15, -0.1) is 0 Å². The van der Waals surface area contributed by atoms with Crippen molar-refractivity contribution in [3.63, 3.8) is 0 Å². The van der Waals surface area contributed by atoms with Crippen LogP contribution in [0.2, 0.25) is 0 Å². The Balaban J connectivity index is 1.89. The lowest BCUT2D eigenvalue weighted by Gasteiger charge is -2.26. The van der Waals surface area contributed by atoms with Crippen LogP contribution >= 0.6 is 0 Å². The zero-order valence-corrected chi connectivity index (χ0v) is 18.9. The molecule has 0 unspecified atom stereocenters. The molecule has 0 aliphatic carbocycles. The van der Waals surface area contributed by atoms with Crippen molar-refractivity contribution in [1.82, 2.24) is 0 Å². The number of carbonyl (C=O) groups is 1. The summed E-state index contributed by atoms with van der Waals surface area (Å²) in [6, 6.07) is 10.1. The van der Waals surface area contributed by atoms with Crippen LogP contribution < -0.4 is 10.5 Å². The summed E-state index contributed by atoms with van der Waals surface area (Å²) in [6.45, 7) is 0. The first-order valence-corrected chi connectivity index (χ1v) is 10.5. The van der Waals surface area contributed by atoms with Crippen LogP contribution in [0.4, 0.5) is 56.6 Å². The van der Waals surface area contributed by atoms with E-state index in [9.17, 15) is 54.2 Å². The van der Waals surface area contributed by atoms with Gasteiger partial charge >= 0.3 is 24.2 Å². The van der Waals surface area contributed by atoms with Crippen LogP contribution in [0.15, 0.2) is 75.9 Å². The van der Waals surface area contributed by atoms with Gasteiger partial charge in [0.05, 0.1) is 16.5 Å². The molecule has 1 aromatic heterocycles. The van der Waals surface area contributed by atoms with Gasteiger partial charge in [-0.2, -0.15) is 39.5 Å². The van der Waals surface area contributed by atoms with Gasteiger partial charge in [-0.1, -0.05) is 0 Å². The smallest absolute Gasteiger partial charge is 0.455 e. The number of carbonyl (C=O) groups excluding carboxylic acids is 1. The fourth-order valence-electron chi connectivity index (χ4n) is 3.70. The van der Waals surface area contributed by atoms with Gasteiger partial charge in [0, 0.05) is 23.1 Å². The van der Waals surface area contributed by atoms with Crippen molar-refractivity contribution in [2.24, 2.45) is 0 Å². The molecule has 39 heavy (non-hydrogen) atoms. The molecule has 0 radical (unpaired) electrons. The number of benzene rings is 3. The Kier molecular flexibility index (Phi) is 6.61. The predicted octanol–water partition coefficient (Wildman–Crippen LogP) is 7.75. The molecule has 4 aromatic rings. The van der Waals surface area contributed by atoms with Crippen molar-refractivity contribution in [2.75, 3.05) is 4.90 Å². The molecular weight excluding hydrogens is 549 g/mol. The number of Topliss-reactive ketones (excluding diaryl/α,β-unsaturated/α-hetero) is 1. The van der Waals surface area contributed by atoms with Crippen molar-refractivity contribution < 1.29 is 53.8 Å². The fourth-order valence-corrected chi connectivity index (χ4v) is 3.70. The third-order valence-electron chi connectivity index (χ3n) is 5.51. The molecule has 14 heteroatoms. The quantitative estimate of drug-likeness (QED) is 0.157. The number of fused-ring (bicyclic) bond motifs is 1. The molecule has 3 aromatic carbocycles. The van der Waals surface area contributed by atoms with E-state index in [4.69, 9.17) is 4.42 Å². The molecule has 4 rings (SSSR count). The number of hydrogen-bond donors (Lipinski definition) is 1. The normalized spacial score (nSPS) is 12.5.